The molecule has 0 aliphatic carbocycles. The quantitative estimate of drug-likeness (QED) is 0.845. The van der Waals surface area contributed by atoms with Crippen LogP contribution in [0.15, 0.2) is 18.2 Å². The molecule has 2 rings (SSSR count). The van der Waals surface area contributed by atoms with Crippen LogP contribution in [0.5, 0.6) is 11.5 Å². The number of aromatic hydroxyl groups is 2. The Hall–Kier alpha value is -1.71. The van der Waals surface area contributed by atoms with Crippen molar-refractivity contribution >= 4 is 5.91 Å². The van der Waals surface area contributed by atoms with Gasteiger partial charge in [-0.1, -0.05) is 13.3 Å². The van der Waals surface area contributed by atoms with Gasteiger partial charge in [-0.3, -0.25) is 4.79 Å². The molecule has 2 N–H and O–H groups in total. The van der Waals surface area contributed by atoms with E-state index in [9.17, 15) is 15.0 Å². The van der Waals surface area contributed by atoms with Crippen molar-refractivity contribution in [3.8, 4) is 11.5 Å². The summed E-state index contributed by atoms with van der Waals surface area (Å²) in [4.78, 5) is 14.1. The molecule has 1 aliphatic heterocycles. The highest BCUT2D eigenvalue weighted by Gasteiger charge is 2.23. The summed E-state index contributed by atoms with van der Waals surface area (Å²) in [5.74, 6) is 0.290. The Balaban J connectivity index is 2.15. The van der Waals surface area contributed by atoms with E-state index >= 15 is 0 Å². The third-order valence-electron chi connectivity index (χ3n) is 3.53. The Morgan fingerprint density at radius 2 is 2.00 bits per heavy atom. The Morgan fingerprint density at radius 3 is 2.61 bits per heavy atom. The summed E-state index contributed by atoms with van der Waals surface area (Å²) in [6, 6.07) is 4.02. The van der Waals surface area contributed by atoms with Gasteiger partial charge in [0, 0.05) is 24.7 Å². The van der Waals surface area contributed by atoms with E-state index in [2.05, 4.69) is 6.92 Å². The fourth-order valence-corrected chi connectivity index (χ4v) is 2.48. The van der Waals surface area contributed by atoms with Gasteiger partial charge in [0.1, 0.15) is 11.5 Å². The highest BCUT2D eigenvalue weighted by Crippen LogP contribution is 2.24. The number of carbonyl (C=O) groups excluding carboxylic acids is 1. The second-order valence-corrected chi connectivity index (χ2v) is 4.91. The molecule has 1 aliphatic rings. The minimum atomic E-state index is -0.112. The van der Waals surface area contributed by atoms with Gasteiger partial charge in [0.15, 0.2) is 0 Å². The number of likely N-dealkylation sites (tertiary alicyclic amines) is 1. The predicted octanol–water partition coefficient (Wildman–Crippen LogP) is 2.36. The van der Waals surface area contributed by atoms with Crippen LogP contribution in [0.2, 0.25) is 0 Å². The molecule has 1 fully saturated rings. The molecule has 1 heterocycles. The Morgan fingerprint density at radius 1 is 1.33 bits per heavy atom. The number of hydrogen-bond acceptors (Lipinski definition) is 3. The maximum atomic E-state index is 12.3. The molecular weight excluding hydrogens is 230 g/mol. The maximum Gasteiger partial charge on any atom is 0.254 e. The second-order valence-electron chi connectivity index (χ2n) is 4.91. The van der Waals surface area contributed by atoms with Gasteiger partial charge in [0.05, 0.1) is 0 Å². The molecule has 0 spiro atoms. The minimum absolute atomic E-state index is 0.0811. The van der Waals surface area contributed by atoms with Crippen LogP contribution in [0, 0.1) is 5.92 Å². The molecule has 1 atom stereocenters. The average Bonchev–Trinajstić information content (AvgIpc) is 2.37. The zero-order chi connectivity index (χ0) is 13.1. The monoisotopic (exact) mass is 249 g/mol. The van der Waals surface area contributed by atoms with Crippen LogP contribution in [0.3, 0.4) is 0 Å². The standard InChI is InChI=1S/C14H19NO3/c1-2-10-4-3-5-15(9-10)14(18)11-6-12(16)8-13(17)7-11/h6-8,10,16-17H,2-5,9H2,1H3. The normalized spacial score (nSPS) is 19.8. The van der Waals surface area contributed by atoms with Gasteiger partial charge in [-0.05, 0) is 30.9 Å². The molecule has 0 aromatic heterocycles. The van der Waals surface area contributed by atoms with Gasteiger partial charge in [0.25, 0.3) is 5.91 Å². The van der Waals surface area contributed by atoms with Crippen LogP contribution in [0.4, 0.5) is 0 Å². The molecule has 98 valence electrons. The smallest absolute Gasteiger partial charge is 0.254 e. The summed E-state index contributed by atoms with van der Waals surface area (Å²) in [6.45, 7) is 3.66. The number of phenolic OH excluding ortho intramolecular Hbond substituents is 2. The first kappa shape index (κ1) is 12.7. The van der Waals surface area contributed by atoms with Crippen molar-refractivity contribution in [2.45, 2.75) is 26.2 Å². The predicted molar refractivity (Wildman–Crippen MR) is 68.7 cm³/mol. The number of hydrogen-bond donors (Lipinski definition) is 2. The summed E-state index contributed by atoms with van der Waals surface area (Å²) in [7, 11) is 0. The average molecular weight is 249 g/mol. The summed E-state index contributed by atoms with van der Waals surface area (Å²) < 4.78 is 0. The third kappa shape index (κ3) is 2.75. The van der Waals surface area contributed by atoms with Crippen LogP contribution in [-0.2, 0) is 0 Å². The molecule has 0 saturated carbocycles. The largest absolute Gasteiger partial charge is 0.508 e. The van der Waals surface area contributed by atoms with Crippen molar-refractivity contribution in [2.75, 3.05) is 13.1 Å². The molecule has 1 aromatic carbocycles. The zero-order valence-corrected chi connectivity index (χ0v) is 10.6. The van der Waals surface area contributed by atoms with Crippen LogP contribution < -0.4 is 0 Å². The molecule has 1 unspecified atom stereocenters. The van der Waals surface area contributed by atoms with E-state index in [1.165, 1.54) is 24.6 Å². The van der Waals surface area contributed by atoms with E-state index in [0.717, 1.165) is 25.9 Å². The number of piperidine rings is 1. The van der Waals surface area contributed by atoms with E-state index in [4.69, 9.17) is 0 Å². The lowest BCUT2D eigenvalue weighted by Crippen LogP contribution is -2.39. The molecule has 1 aromatic rings. The first-order chi connectivity index (χ1) is 8.60. The molecule has 0 radical (unpaired) electrons. The molecule has 4 heteroatoms. The van der Waals surface area contributed by atoms with Gasteiger partial charge < -0.3 is 15.1 Å². The molecule has 18 heavy (non-hydrogen) atoms. The molecule has 1 saturated heterocycles. The summed E-state index contributed by atoms with van der Waals surface area (Å²) in [6.07, 6.45) is 3.27. The number of rotatable bonds is 2. The van der Waals surface area contributed by atoms with Gasteiger partial charge >= 0.3 is 0 Å². The minimum Gasteiger partial charge on any atom is -0.508 e. The Labute approximate surface area is 107 Å². The second kappa shape index (κ2) is 5.29. The third-order valence-corrected chi connectivity index (χ3v) is 3.53. The number of benzene rings is 1. The van der Waals surface area contributed by atoms with Crippen LogP contribution in [0.1, 0.15) is 36.5 Å². The number of amides is 1. The lowest BCUT2D eigenvalue weighted by Gasteiger charge is -2.32. The summed E-state index contributed by atoms with van der Waals surface area (Å²) >= 11 is 0. The first-order valence-corrected chi connectivity index (χ1v) is 6.42. The van der Waals surface area contributed by atoms with Crippen molar-refractivity contribution in [1.29, 1.82) is 0 Å². The molecular formula is C14H19NO3. The molecule has 4 nitrogen and oxygen atoms in total. The van der Waals surface area contributed by atoms with Gasteiger partial charge in [0.2, 0.25) is 0 Å². The van der Waals surface area contributed by atoms with E-state index in [-0.39, 0.29) is 17.4 Å². The highest BCUT2D eigenvalue weighted by molar-refractivity contribution is 5.95. The zero-order valence-electron chi connectivity index (χ0n) is 10.6. The van der Waals surface area contributed by atoms with Crippen molar-refractivity contribution in [3.63, 3.8) is 0 Å². The molecule has 1 amide bonds. The fraction of sp³-hybridized carbons (Fsp3) is 0.500. The van der Waals surface area contributed by atoms with Crippen molar-refractivity contribution in [3.05, 3.63) is 23.8 Å². The fourth-order valence-electron chi connectivity index (χ4n) is 2.48. The van der Waals surface area contributed by atoms with E-state index in [0.29, 0.717) is 11.5 Å². The topological polar surface area (TPSA) is 60.8 Å². The van der Waals surface area contributed by atoms with E-state index in [1.54, 1.807) is 0 Å². The lowest BCUT2D eigenvalue weighted by atomic mass is 9.95. The lowest BCUT2D eigenvalue weighted by molar-refractivity contribution is 0.0670. The number of carbonyl (C=O) groups is 1. The Kier molecular flexibility index (Phi) is 3.75. The van der Waals surface area contributed by atoms with Gasteiger partial charge in [-0.2, -0.15) is 0 Å². The van der Waals surface area contributed by atoms with Crippen LogP contribution >= 0.6 is 0 Å². The number of nitrogens with zero attached hydrogens (tertiary/aromatic N) is 1. The van der Waals surface area contributed by atoms with Crippen LogP contribution in [0.25, 0.3) is 0 Å². The van der Waals surface area contributed by atoms with E-state index < -0.39 is 0 Å². The van der Waals surface area contributed by atoms with Crippen molar-refractivity contribution in [1.82, 2.24) is 4.90 Å². The first-order valence-electron chi connectivity index (χ1n) is 6.42. The van der Waals surface area contributed by atoms with Gasteiger partial charge in [-0.25, -0.2) is 0 Å². The highest BCUT2D eigenvalue weighted by atomic mass is 16.3. The van der Waals surface area contributed by atoms with Crippen molar-refractivity contribution < 1.29 is 15.0 Å². The van der Waals surface area contributed by atoms with Crippen molar-refractivity contribution in [2.24, 2.45) is 5.92 Å². The Bertz CT molecular complexity index is 424. The van der Waals surface area contributed by atoms with E-state index in [1.807, 2.05) is 4.90 Å². The molecule has 0 bridgehead atoms. The summed E-state index contributed by atoms with van der Waals surface area (Å²) in [5.41, 5.74) is 0.351. The van der Waals surface area contributed by atoms with Gasteiger partial charge in [-0.15, -0.1) is 0 Å². The summed E-state index contributed by atoms with van der Waals surface area (Å²) in [5, 5.41) is 18.8. The maximum absolute atomic E-state index is 12.3. The SMILES string of the molecule is CCC1CCCN(C(=O)c2cc(O)cc(O)c2)C1. The number of phenols is 2. The van der Waals surface area contributed by atoms with Crippen LogP contribution in [-0.4, -0.2) is 34.1 Å².